The number of rotatable bonds is 7. The van der Waals surface area contributed by atoms with Gasteiger partial charge in [-0.3, -0.25) is 4.68 Å². The Hall–Kier alpha value is -1.24. The molecule has 0 radical (unpaired) electrons. The lowest BCUT2D eigenvalue weighted by atomic mass is 10.1. The molecule has 2 rings (SSSR count). The quantitative estimate of drug-likeness (QED) is 0.798. The maximum Gasteiger partial charge on any atom is 0.115 e. The van der Waals surface area contributed by atoms with Crippen molar-refractivity contribution in [3.63, 3.8) is 0 Å². The van der Waals surface area contributed by atoms with Crippen LogP contribution in [0.1, 0.15) is 39.8 Å². The normalized spacial score (nSPS) is 12.8. The van der Waals surface area contributed by atoms with E-state index in [2.05, 4.69) is 31.2 Å². The van der Waals surface area contributed by atoms with Crippen molar-refractivity contribution in [3.8, 4) is 0 Å². The molecule has 0 aliphatic carbocycles. The lowest BCUT2D eigenvalue weighted by Gasteiger charge is -2.16. The summed E-state index contributed by atoms with van der Waals surface area (Å²) in [6, 6.07) is 0.0813. The van der Waals surface area contributed by atoms with Gasteiger partial charge in [0.1, 0.15) is 5.01 Å². The van der Waals surface area contributed by atoms with E-state index < -0.39 is 0 Å². The molecule has 0 saturated carbocycles. The van der Waals surface area contributed by atoms with Crippen LogP contribution in [0.15, 0.2) is 6.20 Å². The van der Waals surface area contributed by atoms with Gasteiger partial charge in [0.05, 0.1) is 24.5 Å². The summed E-state index contributed by atoms with van der Waals surface area (Å²) in [4.78, 5) is 6.11. The third-order valence-electron chi connectivity index (χ3n) is 3.73. The standard InChI is InChI=1S/C15H24N4OS/c1-6-13-11(3)21-15(18-13)14(16-7-8-20-5)12-9-17-19(4)10(12)2/h9,14,16H,6-8H2,1-5H3. The fourth-order valence-electron chi connectivity index (χ4n) is 2.34. The molecule has 21 heavy (non-hydrogen) atoms. The molecule has 0 amide bonds. The first-order valence-corrected chi connectivity index (χ1v) is 8.07. The summed E-state index contributed by atoms with van der Waals surface area (Å²) >= 11 is 1.77. The fraction of sp³-hybridized carbons (Fsp3) is 0.600. The summed E-state index contributed by atoms with van der Waals surface area (Å²) in [6.45, 7) is 7.85. The number of aromatic nitrogens is 3. The van der Waals surface area contributed by atoms with Crippen LogP contribution in [0.25, 0.3) is 0 Å². The van der Waals surface area contributed by atoms with Gasteiger partial charge in [0, 0.05) is 36.8 Å². The number of nitrogens with one attached hydrogen (secondary N) is 1. The molecule has 0 aromatic carbocycles. The molecule has 1 atom stereocenters. The predicted octanol–water partition coefficient (Wildman–Crippen LogP) is 2.38. The highest BCUT2D eigenvalue weighted by Crippen LogP contribution is 2.29. The van der Waals surface area contributed by atoms with Gasteiger partial charge < -0.3 is 10.1 Å². The zero-order valence-electron chi connectivity index (χ0n) is 13.4. The molecule has 0 aliphatic rings. The first-order valence-electron chi connectivity index (χ1n) is 7.25. The van der Waals surface area contributed by atoms with Crippen molar-refractivity contribution < 1.29 is 4.74 Å². The molecule has 0 saturated heterocycles. The SMILES string of the molecule is CCc1nc(C(NCCOC)c2cnn(C)c2C)sc1C. The zero-order valence-corrected chi connectivity index (χ0v) is 14.3. The first kappa shape index (κ1) is 16.1. The molecule has 116 valence electrons. The summed E-state index contributed by atoms with van der Waals surface area (Å²) in [5.74, 6) is 0. The number of methoxy groups -OCH3 is 1. The molecule has 0 spiro atoms. The third-order valence-corrected chi connectivity index (χ3v) is 4.81. The highest BCUT2D eigenvalue weighted by atomic mass is 32.1. The molecule has 2 aromatic heterocycles. The zero-order chi connectivity index (χ0) is 15.4. The number of aryl methyl sites for hydroxylation is 3. The minimum atomic E-state index is 0.0813. The van der Waals surface area contributed by atoms with Gasteiger partial charge in [-0.1, -0.05) is 6.92 Å². The predicted molar refractivity (Wildman–Crippen MR) is 85.9 cm³/mol. The molecule has 2 heterocycles. The van der Waals surface area contributed by atoms with Gasteiger partial charge in [-0.25, -0.2) is 4.98 Å². The first-order chi connectivity index (χ1) is 10.1. The Labute approximate surface area is 130 Å². The van der Waals surface area contributed by atoms with Crippen LogP contribution in [0.2, 0.25) is 0 Å². The topological polar surface area (TPSA) is 52.0 Å². The van der Waals surface area contributed by atoms with Crippen LogP contribution in [0.4, 0.5) is 0 Å². The Morgan fingerprint density at radius 3 is 2.71 bits per heavy atom. The van der Waals surface area contributed by atoms with Crippen molar-refractivity contribution >= 4 is 11.3 Å². The number of thiazole rings is 1. The Morgan fingerprint density at radius 2 is 2.19 bits per heavy atom. The second-order valence-corrected chi connectivity index (χ2v) is 6.33. The number of ether oxygens (including phenoxy) is 1. The Kier molecular flexibility index (Phi) is 5.50. The van der Waals surface area contributed by atoms with Crippen molar-refractivity contribution in [2.24, 2.45) is 7.05 Å². The van der Waals surface area contributed by atoms with Crippen LogP contribution in [-0.4, -0.2) is 35.0 Å². The van der Waals surface area contributed by atoms with Crippen LogP contribution < -0.4 is 5.32 Å². The molecule has 2 aromatic rings. The number of nitrogens with zero attached hydrogens (tertiary/aromatic N) is 3. The van der Waals surface area contributed by atoms with E-state index in [-0.39, 0.29) is 6.04 Å². The van der Waals surface area contributed by atoms with Crippen molar-refractivity contribution in [2.75, 3.05) is 20.3 Å². The van der Waals surface area contributed by atoms with E-state index in [9.17, 15) is 0 Å². The summed E-state index contributed by atoms with van der Waals surface area (Å²) in [5.41, 5.74) is 3.54. The minimum absolute atomic E-state index is 0.0813. The molecule has 0 bridgehead atoms. The van der Waals surface area contributed by atoms with Crippen molar-refractivity contribution in [2.45, 2.75) is 33.2 Å². The van der Waals surface area contributed by atoms with E-state index in [1.54, 1.807) is 18.4 Å². The molecule has 1 N–H and O–H groups in total. The molecule has 0 aliphatic heterocycles. The maximum absolute atomic E-state index is 5.15. The summed E-state index contributed by atoms with van der Waals surface area (Å²) in [7, 11) is 3.68. The molecule has 1 unspecified atom stereocenters. The lowest BCUT2D eigenvalue weighted by Crippen LogP contribution is -2.26. The molecule has 5 nitrogen and oxygen atoms in total. The van der Waals surface area contributed by atoms with E-state index in [0.29, 0.717) is 6.61 Å². The van der Waals surface area contributed by atoms with Crippen LogP contribution in [0, 0.1) is 13.8 Å². The van der Waals surface area contributed by atoms with E-state index in [1.165, 1.54) is 16.1 Å². The van der Waals surface area contributed by atoms with Gasteiger partial charge >= 0.3 is 0 Å². The van der Waals surface area contributed by atoms with Crippen LogP contribution in [0.5, 0.6) is 0 Å². The summed E-state index contributed by atoms with van der Waals surface area (Å²) in [5, 5.41) is 9.01. The largest absolute Gasteiger partial charge is 0.383 e. The second kappa shape index (κ2) is 7.15. The summed E-state index contributed by atoms with van der Waals surface area (Å²) < 4.78 is 7.05. The smallest absolute Gasteiger partial charge is 0.115 e. The summed E-state index contributed by atoms with van der Waals surface area (Å²) in [6.07, 6.45) is 2.90. The molecule has 6 heteroatoms. The van der Waals surface area contributed by atoms with Gasteiger partial charge in [-0.2, -0.15) is 5.10 Å². The lowest BCUT2D eigenvalue weighted by molar-refractivity contribution is 0.197. The average molecular weight is 308 g/mol. The Bertz CT molecular complexity index is 591. The van der Waals surface area contributed by atoms with Crippen LogP contribution in [-0.2, 0) is 18.2 Å². The number of hydrogen-bond acceptors (Lipinski definition) is 5. The van der Waals surface area contributed by atoms with Gasteiger partial charge in [0.2, 0.25) is 0 Å². The minimum Gasteiger partial charge on any atom is -0.383 e. The number of hydrogen-bond donors (Lipinski definition) is 1. The maximum atomic E-state index is 5.15. The van der Waals surface area contributed by atoms with Crippen LogP contribution in [0.3, 0.4) is 0 Å². The van der Waals surface area contributed by atoms with E-state index in [4.69, 9.17) is 9.72 Å². The van der Waals surface area contributed by atoms with E-state index >= 15 is 0 Å². The molecular weight excluding hydrogens is 284 g/mol. The Balaban J connectivity index is 2.33. The highest BCUT2D eigenvalue weighted by molar-refractivity contribution is 7.11. The monoisotopic (exact) mass is 308 g/mol. The van der Waals surface area contributed by atoms with Crippen molar-refractivity contribution in [3.05, 3.63) is 33.0 Å². The highest BCUT2D eigenvalue weighted by Gasteiger charge is 2.22. The van der Waals surface area contributed by atoms with Gasteiger partial charge in [0.15, 0.2) is 0 Å². The third kappa shape index (κ3) is 3.51. The van der Waals surface area contributed by atoms with Gasteiger partial charge in [0.25, 0.3) is 0 Å². The van der Waals surface area contributed by atoms with E-state index in [0.717, 1.165) is 23.7 Å². The second-order valence-electron chi connectivity index (χ2n) is 5.10. The molecule has 0 fully saturated rings. The Morgan fingerprint density at radius 1 is 1.43 bits per heavy atom. The van der Waals surface area contributed by atoms with Gasteiger partial charge in [-0.05, 0) is 20.3 Å². The van der Waals surface area contributed by atoms with Crippen molar-refractivity contribution in [1.82, 2.24) is 20.1 Å². The van der Waals surface area contributed by atoms with Crippen molar-refractivity contribution in [1.29, 1.82) is 0 Å². The van der Waals surface area contributed by atoms with Gasteiger partial charge in [-0.15, -0.1) is 11.3 Å². The average Bonchev–Trinajstić information content (AvgIpc) is 3.00. The fourth-order valence-corrected chi connectivity index (χ4v) is 3.44. The van der Waals surface area contributed by atoms with E-state index in [1.807, 2.05) is 17.9 Å². The van der Waals surface area contributed by atoms with Crippen LogP contribution >= 0.6 is 11.3 Å². The molecular formula is C15H24N4OS.